The smallest absolute Gasteiger partial charge is 0.157 e. The molecule has 0 fully saturated rings. The van der Waals surface area contributed by atoms with E-state index in [9.17, 15) is 0 Å². The van der Waals surface area contributed by atoms with Crippen LogP contribution in [0.2, 0.25) is 0 Å². The molecule has 0 saturated heterocycles. The number of hydrogen-bond acceptors (Lipinski definition) is 5. The second-order valence-electron chi connectivity index (χ2n) is 3.24. The molecule has 0 aliphatic carbocycles. The van der Waals surface area contributed by atoms with E-state index < -0.39 is 0 Å². The number of nitriles is 1. The Hall–Kier alpha value is -1.28. The molecule has 0 amide bonds. The summed E-state index contributed by atoms with van der Waals surface area (Å²) < 4.78 is 3.99. The molecular weight excluding hydrogens is 196 g/mol. The summed E-state index contributed by atoms with van der Waals surface area (Å²) in [4.78, 5) is 2.12. The van der Waals surface area contributed by atoms with Crippen molar-refractivity contribution in [1.82, 2.24) is 4.37 Å². The highest BCUT2D eigenvalue weighted by Crippen LogP contribution is 2.30. The summed E-state index contributed by atoms with van der Waals surface area (Å²) in [7, 11) is 0. The summed E-state index contributed by atoms with van der Waals surface area (Å²) in [6.45, 7) is 7.08. The van der Waals surface area contributed by atoms with E-state index in [0.29, 0.717) is 17.4 Å². The van der Waals surface area contributed by atoms with E-state index in [1.807, 2.05) is 0 Å². The van der Waals surface area contributed by atoms with Crippen LogP contribution in [0.1, 0.15) is 26.3 Å². The normalized spacial score (nSPS) is 10.2. The number of nitrogens with zero attached hydrogens (tertiary/aromatic N) is 3. The van der Waals surface area contributed by atoms with E-state index in [1.54, 1.807) is 0 Å². The Bertz CT molecular complexity index is 350. The molecule has 0 spiro atoms. The number of rotatable bonds is 3. The molecule has 0 aromatic carbocycles. The first-order chi connectivity index (χ1) is 6.61. The Morgan fingerprint density at radius 3 is 2.71 bits per heavy atom. The summed E-state index contributed by atoms with van der Waals surface area (Å²) in [5, 5.41) is 9.80. The monoisotopic (exact) mass is 210 g/mol. The van der Waals surface area contributed by atoms with Crippen LogP contribution in [0.3, 0.4) is 0 Å². The zero-order valence-electron chi connectivity index (χ0n) is 8.61. The Kier molecular flexibility index (Phi) is 3.31. The highest BCUT2D eigenvalue weighted by Gasteiger charge is 2.18. The molecule has 1 rings (SSSR count). The number of aromatic nitrogens is 1. The largest absolute Gasteiger partial charge is 0.382 e. The Balaban J connectivity index is 3.11. The summed E-state index contributed by atoms with van der Waals surface area (Å²) in [6, 6.07) is 2.45. The fraction of sp³-hybridized carbons (Fsp3) is 0.556. The van der Waals surface area contributed by atoms with Gasteiger partial charge in [0.2, 0.25) is 0 Å². The van der Waals surface area contributed by atoms with Gasteiger partial charge in [-0.15, -0.1) is 0 Å². The van der Waals surface area contributed by atoms with Gasteiger partial charge in [-0.05, 0) is 32.3 Å². The highest BCUT2D eigenvalue weighted by atomic mass is 32.1. The third-order valence-corrected chi connectivity index (χ3v) is 2.94. The second kappa shape index (κ2) is 4.29. The lowest BCUT2D eigenvalue weighted by atomic mass is 10.2. The van der Waals surface area contributed by atoms with Crippen LogP contribution in [0.5, 0.6) is 0 Å². The van der Waals surface area contributed by atoms with Crippen LogP contribution in [0.15, 0.2) is 0 Å². The molecule has 0 radical (unpaired) electrons. The van der Waals surface area contributed by atoms with E-state index in [-0.39, 0.29) is 0 Å². The van der Waals surface area contributed by atoms with Crippen LogP contribution in [0.4, 0.5) is 10.8 Å². The van der Waals surface area contributed by atoms with Crippen LogP contribution in [-0.2, 0) is 0 Å². The average Bonchev–Trinajstić information content (AvgIpc) is 2.48. The maximum atomic E-state index is 8.92. The lowest BCUT2D eigenvalue weighted by Gasteiger charge is -2.25. The minimum absolute atomic E-state index is 0.339. The SMILES string of the molecule is CCN(c1snc(N)c1C#N)C(C)C. The molecule has 0 bridgehead atoms. The Morgan fingerprint density at radius 2 is 2.29 bits per heavy atom. The van der Waals surface area contributed by atoms with Gasteiger partial charge in [0.15, 0.2) is 5.82 Å². The van der Waals surface area contributed by atoms with E-state index in [0.717, 1.165) is 11.5 Å². The topological polar surface area (TPSA) is 65.9 Å². The molecule has 0 aliphatic heterocycles. The average molecular weight is 210 g/mol. The Labute approximate surface area is 88.1 Å². The molecule has 0 unspecified atom stereocenters. The molecule has 1 aromatic rings. The third kappa shape index (κ3) is 1.80. The number of anilines is 2. The molecule has 0 aliphatic rings. The van der Waals surface area contributed by atoms with Crippen molar-refractivity contribution in [2.24, 2.45) is 0 Å². The van der Waals surface area contributed by atoms with E-state index >= 15 is 0 Å². The summed E-state index contributed by atoms with van der Waals surface area (Å²) in [5.41, 5.74) is 6.10. The standard InChI is InChI=1S/C9H14N4S/c1-4-13(6(2)3)9-7(5-10)8(11)12-14-9/h6H,4H2,1-3H3,(H2,11,12). The van der Waals surface area contributed by atoms with Crippen molar-refractivity contribution in [1.29, 1.82) is 5.26 Å². The van der Waals surface area contributed by atoms with Gasteiger partial charge in [0.25, 0.3) is 0 Å². The molecule has 0 saturated carbocycles. The molecule has 76 valence electrons. The van der Waals surface area contributed by atoms with Gasteiger partial charge in [0, 0.05) is 12.6 Å². The van der Waals surface area contributed by atoms with Gasteiger partial charge in [-0.1, -0.05) is 0 Å². The van der Waals surface area contributed by atoms with Crippen LogP contribution >= 0.6 is 11.5 Å². The number of hydrogen-bond donors (Lipinski definition) is 1. The minimum Gasteiger partial charge on any atom is -0.382 e. The maximum Gasteiger partial charge on any atom is 0.157 e. The van der Waals surface area contributed by atoms with E-state index in [4.69, 9.17) is 11.0 Å². The second-order valence-corrected chi connectivity index (χ2v) is 3.99. The molecule has 1 heterocycles. The molecular formula is C9H14N4S. The van der Waals surface area contributed by atoms with Crippen molar-refractivity contribution in [3.05, 3.63) is 5.56 Å². The van der Waals surface area contributed by atoms with E-state index in [2.05, 4.69) is 36.1 Å². The van der Waals surface area contributed by atoms with Crippen molar-refractivity contribution in [2.45, 2.75) is 26.8 Å². The summed E-state index contributed by atoms with van der Waals surface area (Å²) in [5.74, 6) is 0.339. The molecule has 0 atom stereocenters. The summed E-state index contributed by atoms with van der Waals surface area (Å²) >= 11 is 1.29. The van der Waals surface area contributed by atoms with Crippen LogP contribution in [0, 0.1) is 11.3 Å². The van der Waals surface area contributed by atoms with Crippen molar-refractivity contribution >= 4 is 22.4 Å². The minimum atomic E-state index is 0.339. The van der Waals surface area contributed by atoms with Crippen molar-refractivity contribution < 1.29 is 0 Å². The molecule has 2 N–H and O–H groups in total. The van der Waals surface area contributed by atoms with Crippen molar-refractivity contribution in [3.63, 3.8) is 0 Å². The highest BCUT2D eigenvalue weighted by molar-refractivity contribution is 7.10. The predicted octanol–water partition coefficient (Wildman–Crippen LogP) is 1.83. The van der Waals surface area contributed by atoms with Gasteiger partial charge in [0.1, 0.15) is 16.6 Å². The molecule has 5 heteroatoms. The molecule has 4 nitrogen and oxygen atoms in total. The third-order valence-electron chi connectivity index (χ3n) is 2.04. The Morgan fingerprint density at radius 1 is 1.64 bits per heavy atom. The predicted molar refractivity (Wildman–Crippen MR) is 59.4 cm³/mol. The maximum absolute atomic E-state index is 8.92. The van der Waals surface area contributed by atoms with Crippen molar-refractivity contribution in [3.8, 4) is 6.07 Å². The quantitative estimate of drug-likeness (QED) is 0.826. The molecule has 1 aromatic heterocycles. The van der Waals surface area contributed by atoms with Crippen LogP contribution in [0.25, 0.3) is 0 Å². The summed E-state index contributed by atoms with van der Waals surface area (Å²) in [6.07, 6.45) is 0. The first-order valence-corrected chi connectivity index (χ1v) is 5.31. The van der Waals surface area contributed by atoms with Gasteiger partial charge in [-0.25, -0.2) is 0 Å². The lowest BCUT2D eigenvalue weighted by Crippen LogP contribution is -2.30. The molecule has 14 heavy (non-hydrogen) atoms. The lowest BCUT2D eigenvalue weighted by molar-refractivity contribution is 0.709. The van der Waals surface area contributed by atoms with Crippen LogP contribution in [-0.4, -0.2) is 17.0 Å². The fourth-order valence-corrected chi connectivity index (χ4v) is 2.30. The van der Waals surface area contributed by atoms with Crippen molar-refractivity contribution in [2.75, 3.05) is 17.2 Å². The number of nitrogen functional groups attached to an aromatic ring is 1. The number of nitrogens with two attached hydrogens (primary N) is 1. The first-order valence-electron chi connectivity index (χ1n) is 4.53. The zero-order chi connectivity index (χ0) is 10.7. The van der Waals surface area contributed by atoms with Gasteiger partial charge in [-0.2, -0.15) is 9.64 Å². The zero-order valence-corrected chi connectivity index (χ0v) is 9.43. The van der Waals surface area contributed by atoms with Gasteiger partial charge in [-0.3, -0.25) is 0 Å². The van der Waals surface area contributed by atoms with Gasteiger partial charge < -0.3 is 10.6 Å². The first kappa shape index (κ1) is 10.8. The van der Waals surface area contributed by atoms with Crippen LogP contribution < -0.4 is 10.6 Å². The van der Waals surface area contributed by atoms with Gasteiger partial charge in [0.05, 0.1) is 0 Å². The van der Waals surface area contributed by atoms with Gasteiger partial charge >= 0.3 is 0 Å². The van der Waals surface area contributed by atoms with E-state index in [1.165, 1.54) is 11.5 Å². The fourth-order valence-electron chi connectivity index (χ4n) is 1.34.